The van der Waals surface area contributed by atoms with E-state index < -0.39 is 16.8 Å². The predicted molar refractivity (Wildman–Crippen MR) is 139 cm³/mol. The molecule has 2 aromatic heterocycles. The summed E-state index contributed by atoms with van der Waals surface area (Å²) < 4.78 is 6.89. The number of fused-ring (bicyclic) bond motifs is 1. The highest BCUT2D eigenvalue weighted by Crippen LogP contribution is 2.37. The topological polar surface area (TPSA) is 64.8 Å². The van der Waals surface area contributed by atoms with Crippen molar-refractivity contribution < 1.29 is 19.1 Å². The van der Waals surface area contributed by atoms with Gasteiger partial charge in [-0.1, -0.05) is 64.4 Å². The number of pyridine rings is 1. The van der Waals surface area contributed by atoms with E-state index in [1.807, 2.05) is 62.6 Å². The molecule has 3 rings (SSSR count). The summed E-state index contributed by atoms with van der Waals surface area (Å²) in [6.07, 6.45) is 2.07. The minimum absolute atomic E-state index is 0.0606. The number of esters is 1. The third-order valence-corrected chi connectivity index (χ3v) is 6.52. The summed E-state index contributed by atoms with van der Waals surface area (Å²) in [6.45, 7) is 15.4. The molecule has 5 nitrogen and oxygen atoms in total. The lowest BCUT2D eigenvalue weighted by Gasteiger charge is -2.24. The molecule has 0 fully saturated rings. The summed E-state index contributed by atoms with van der Waals surface area (Å²) in [5.74, 6) is -0.382. The molecule has 5 heteroatoms. The molecule has 0 bridgehead atoms. The van der Waals surface area contributed by atoms with Gasteiger partial charge >= 0.3 is 5.97 Å². The maximum Gasteiger partial charge on any atom is 0.311 e. The molecule has 2 heterocycles. The van der Waals surface area contributed by atoms with E-state index in [0.717, 1.165) is 11.1 Å². The van der Waals surface area contributed by atoms with E-state index in [2.05, 4.69) is 13.8 Å². The first-order valence-electron chi connectivity index (χ1n) is 12.1. The van der Waals surface area contributed by atoms with Gasteiger partial charge in [-0.2, -0.15) is 0 Å². The average Bonchev–Trinajstić information content (AvgIpc) is 3.09. The van der Waals surface area contributed by atoms with Crippen LogP contribution in [0.25, 0.3) is 5.52 Å². The predicted octanol–water partition coefficient (Wildman–Crippen LogP) is 6.57. The second-order valence-electron chi connectivity index (χ2n) is 11.4. The molecule has 0 radical (unpaired) electrons. The highest BCUT2D eigenvalue weighted by molar-refractivity contribution is 6.15. The van der Waals surface area contributed by atoms with Crippen LogP contribution in [0.1, 0.15) is 97.5 Å². The van der Waals surface area contributed by atoms with Crippen LogP contribution in [0.3, 0.4) is 0 Å². The molecule has 0 aliphatic heterocycles. The van der Waals surface area contributed by atoms with Crippen molar-refractivity contribution in [3.05, 3.63) is 76.1 Å². The van der Waals surface area contributed by atoms with E-state index in [1.54, 1.807) is 26.0 Å². The summed E-state index contributed by atoms with van der Waals surface area (Å²) in [4.78, 5) is 40.5. The standard InChI is InChI=1S/C30H37NO4/c1-18(2)21-14-15-31-23(16-21)24(27(33)29(4,5)6)22(17-30(7,8)28(34)35-9)25(31)26(32)20-12-10-19(3)11-13-20/h10-16,18H,17H2,1-9H3. The molecule has 0 saturated heterocycles. The van der Waals surface area contributed by atoms with Crippen LogP contribution >= 0.6 is 0 Å². The van der Waals surface area contributed by atoms with Crippen molar-refractivity contribution in [2.24, 2.45) is 10.8 Å². The van der Waals surface area contributed by atoms with Crippen LogP contribution in [0.2, 0.25) is 0 Å². The number of hydrogen-bond donors (Lipinski definition) is 0. The molecule has 0 N–H and O–H groups in total. The van der Waals surface area contributed by atoms with Gasteiger partial charge in [0.2, 0.25) is 5.78 Å². The summed E-state index contributed by atoms with van der Waals surface area (Å²) in [7, 11) is 1.36. The van der Waals surface area contributed by atoms with Crippen LogP contribution in [-0.4, -0.2) is 29.0 Å². The van der Waals surface area contributed by atoms with Gasteiger partial charge in [0.05, 0.1) is 23.7 Å². The van der Waals surface area contributed by atoms with Crippen molar-refractivity contribution in [1.82, 2.24) is 4.40 Å². The van der Waals surface area contributed by atoms with E-state index in [4.69, 9.17) is 4.74 Å². The average molecular weight is 476 g/mol. The number of Topliss-reactive ketones (excluding diaryl/α,β-unsaturated/α-hetero) is 1. The van der Waals surface area contributed by atoms with E-state index in [0.29, 0.717) is 27.9 Å². The fraction of sp³-hybridized carbons (Fsp3) is 0.433. The number of hydrogen-bond acceptors (Lipinski definition) is 4. The number of nitrogens with zero attached hydrogens (tertiary/aromatic N) is 1. The molecule has 0 atom stereocenters. The number of ketones is 2. The summed E-state index contributed by atoms with van der Waals surface area (Å²) >= 11 is 0. The fourth-order valence-electron chi connectivity index (χ4n) is 4.36. The van der Waals surface area contributed by atoms with Crippen molar-refractivity contribution in [2.75, 3.05) is 7.11 Å². The van der Waals surface area contributed by atoms with Gasteiger partial charge in [-0.05, 0) is 56.4 Å². The van der Waals surface area contributed by atoms with E-state index >= 15 is 0 Å². The number of ether oxygens (including phenoxy) is 1. The van der Waals surface area contributed by atoms with Gasteiger partial charge < -0.3 is 9.14 Å². The van der Waals surface area contributed by atoms with Crippen molar-refractivity contribution in [2.45, 2.75) is 67.7 Å². The van der Waals surface area contributed by atoms with Gasteiger partial charge in [0.25, 0.3) is 0 Å². The maximum absolute atomic E-state index is 14.0. The number of methoxy groups -OCH3 is 1. The van der Waals surface area contributed by atoms with Crippen LogP contribution in [0, 0.1) is 17.8 Å². The maximum atomic E-state index is 14.0. The Morgan fingerprint density at radius 2 is 1.57 bits per heavy atom. The molecule has 0 spiro atoms. The van der Waals surface area contributed by atoms with Gasteiger partial charge in [-0.15, -0.1) is 0 Å². The minimum atomic E-state index is -0.935. The largest absolute Gasteiger partial charge is 0.469 e. The van der Waals surface area contributed by atoms with E-state index in [-0.39, 0.29) is 23.9 Å². The zero-order valence-corrected chi connectivity index (χ0v) is 22.4. The van der Waals surface area contributed by atoms with Crippen molar-refractivity contribution >= 4 is 23.1 Å². The molecule has 0 saturated carbocycles. The van der Waals surface area contributed by atoms with Crippen molar-refractivity contribution in [3.8, 4) is 0 Å². The number of carbonyl (C=O) groups excluding carboxylic acids is 3. The number of benzene rings is 1. The fourth-order valence-corrected chi connectivity index (χ4v) is 4.36. The van der Waals surface area contributed by atoms with Gasteiger partial charge in [0, 0.05) is 22.7 Å². The SMILES string of the molecule is COC(=O)C(C)(C)Cc1c(C(=O)C(C)(C)C)c2cc(C(C)C)ccn2c1C(=O)c1ccc(C)cc1. The third kappa shape index (κ3) is 5.09. The molecule has 1 aromatic carbocycles. The highest BCUT2D eigenvalue weighted by atomic mass is 16.5. The Hall–Kier alpha value is -3.21. The number of aryl methyl sites for hydroxylation is 1. The lowest BCUT2D eigenvalue weighted by atomic mass is 9.79. The number of rotatable bonds is 7. The zero-order chi connectivity index (χ0) is 26.3. The third-order valence-electron chi connectivity index (χ3n) is 6.52. The Morgan fingerprint density at radius 3 is 2.09 bits per heavy atom. The zero-order valence-electron chi connectivity index (χ0n) is 22.4. The summed E-state index contributed by atoms with van der Waals surface area (Å²) in [6, 6.07) is 11.4. The first-order chi connectivity index (χ1) is 16.2. The molecule has 0 aliphatic carbocycles. The Balaban J connectivity index is 2.44. The summed E-state index contributed by atoms with van der Waals surface area (Å²) in [5, 5.41) is 0. The molecule has 0 aliphatic rings. The normalized spacial score (nSPS) is 12.3. The van der Waals surface area contributed by atoms with Crippen LogP contribution in [0.5, 0.6) is 0 Å². The van der Waals surface area contributed by atoms with Crippen molar-refractivity contribution in [3.63, 3.8) is 0 Å². The van der Waals surface area contributed by atoms with Crippen LogP contribution in [0.15, 0.2) is 42.6 Å². The molecular formula is C30H37NO4. The first kappa shape index (κ1) is 26.4. The second-order valence-corrected chi connectivity index (χ2v) is 11.4. The van der Waals surface area contributed by atoms with Gasteiger partial charge in [-0.25, -0.2) is 0 Å². The van der Waals surface area contributed by atoms with Gasteiger partial charge in [-0.3, -0.25) is 14.4 Å². The Kier molecular flexibility index (Phi) is 7.12. The van der Waals surface area contributed by atoms with Crippen molar-refractivity contribution in [1.29, 1.82) is 0 Å². The quantitative estimate of drug-likeness (QED) is 0.286. The second kappa shape index (κ2) is 9.44. The smallest absolute Gasteiger partial charge is 0.311 e. The molecular weight excluding hydrogens is 438 g/mol. The molecule has 3 aromatic rings. The highest BCUT2D eigenvalue weighted by Gasteiger charge is 2.38. The molecule has 0 amide bonds. The molecule has 186 valence electrons. The number of aromatic nitrogens is 1. The Bertz CT molecular complexity index is 1280. The lowest BCUT2D eigenvalue weighted by molar-refractivity contribution is -0.150. The van der Waals surface area contributed by atoms with Crippen LogP contribution < -0.4 is 0 Å². The minimum Gasteiger partial charge on any atom is -0.469 e. The Morgan fingerprint density at radius 1 is 0.971 bits per heavy atom. The van der Waals surface area contributed by atoms with Crippen LogP contribution in [0.4, 0.5) is 0 Å². The molecule has 35 heavy (non-hydrogen) atoms. The number of carbonyl (C=O) groups is 3. The lowest BCUT2D eigenvalue weighted by Crippen LogP contribution is -2.30. The first-order valence-corrected chi connectivity index (χ1v) is 12.1. The van der Waals surface area contributed by atoms with Gasteiger partial charge in [0.1, 0.15) is 0 Å². The monoisotopic (exact) mass is 475 g/mol. The summed E-state index contributed by atoms with van der Waals surface area (Å²) in [5.41, 5.74) is 3.27. The van der Waals surface area contributed by atoms with Gasteiger partial charge in [0.15, 0.2) is 5.78 Å². The van der Waals surface area contributed by atoms with E-state index in [9.17, 15) is 14.4 Å². The van der Waals surface area contributed by atoms with E-state index in [1.165, 1.54) is 7.11 Å². The molecule has 0 unspecified atom stereocenters. The Labute approximate surface area is 208 Å². The van der Waals surface area contributed by atoms with Crippen LogP contribution in [-0.2, 0) is 16.0 Å².